The number of aldehydes is 1. The zero-order chi connectivity index (χ0) is 19.2. The van der Waals surface area contributed by atoms with Crippen molar-refractivity contribution in [2.75, 3.05) is 0 Å². The smallest absolute Gasteiger partial charge is 0.220 e. The summed E-state index contributed by atoms with van der Waals surface area (Å²) >= 11 is 0. The summed E-state index contributed by atoms with van der Waals surface area (Å²) < 4.78 is 0. The highest BCUT2D eigenvalue weighted by atomic mass is 16.7. The van der Waals surface area contributed by atoms with E-state index in [-0.39, 0.29) is 17.1 Å². The minimum atomic E-state index is -0.730. The topological polar surface area (TPSA) is 137 Å². The molecule has 0 aliphatic rings. The number of nitriles is 1. The number of aromatic nitrogens is 4. The molecule has 0 radical (unpaired) electrons. The van der Waals surface area contributed by atoms with Crippen molar-refractivity contribution < 1.29 is 14.4 Å². The lowest BCUT2D eigenvalue weighted by atomic mass is 9.98. The van der Waals surface area contributed by atoms with Crippen molar-refractivity contribution in [3.05, 3.63) is 47.7 Å². The van der Waals surface area contributed by atoms with Crippen LogP contribution in [-0.2, 0) is 4.79 Å². The first-order valence-corrected chi connectivity index (χ1v) is 8.26. The van der Waals surface area contributed by atoms with Gasteiger partial charge in [0.1, 0.15) is 17.9 Å². The maximum Gasteiger partial charge on any atom is 0.220 e. The van der Waals surface area contributed by atoms with Crippen LogP contribution in [0.1, 0.15) is 35.2 Å². The molecular weight excluding hydrogens is 348 g/mol. The quantitative estimate of drug-likeness (QED) is 0.360. The zero-order valence-corrected chi connectivity index (χ0v) is 14.3. The van der Waals surface area contributed by atoms with E-state index in [4.69, 9.17) is 10.6 Å². The Morgan fingerprint density at radius 1 is 1.41 bits per heavy atom. The van der Waals surface area contributed by atoms with Crippen LogP contribution in [0, 0.1) is 11.3 Å². The molecule has 2 N–H and O–H groups in total. The minimum absolute atomic E-state index is 0.153. The number of carbonyl (C=O) groups excluding carboxylic acids is 2. The Hall–Kier alpha value is -3.64. The molecule has 9 heteroatoms. The second-order valence-corrected chi connectivity index (χ2v) is 5.79. The summed E-state index contributed by atoms with van der Waals surface area (Å²) in [5, 5.41) is 17.2. The molecule has 9 nitrogen and oxygen atoms in total. The number of pyridine rings is 1. The van der Waals surface area contributed by atoms with Crippen LogP contribution in [0.4, 0.5) is 0 Å². The molecule has 0 fully saturated rings. The summed E-state index contributed by atoms with van der Waals surface area (Å²) in [4.78, 5) is 33.6. The van der Waals surface area contributed by atoms with E-state index in [1.54, 1.807) is 18.3 Å². The lowest BCUT2D eigenvalue weighted by Crippen LogP contribution is -2.30. The van der Waals surface area contributed by atoms with Gasteiger partial charge in [-0.15, -0.1) is 5.10 Å². The molecule has 3 aromatic rings. The Kier molecular flexibility index (Phi) is 5.49. The number of carbonyl (C=O) groups is 2. The van der Waals surface area contributed by atoms with Crippen LogP contribution in [0.25, 0.3) is 11.2 Å². The third-order valence-electron chi connectivity index (χ3n) is 3.92. The van der Waals surface area contributed by atoms with Gasteiger partial charge in [-0.25, -0.2) is 4.98 Å². The largest absolute Gasteiger partial charge is 0.353 e. The van der Waals surface area contributed by atoms with Crippen LogP contribution in [0.5, 0.6) is 5.75 Å². The number of hydrogen-bond donors (Lipinski definition) is 1. The molecule has 0 saturated carbocycles. The second-order valence-electron chi connectivity index (χ2n) is 5.79. The molecule has 0 amide bonds. The number of rotatable bonds is 8. The van der Waals surface area contributed by atoms with Crippen molar-refractivity contribution in [3.63, 3.8) is 0 Å². The molecule has 0 saturated heterocycles. The number of nitrogens with two attached hydrogens (primary N) is 1. The van der Waals surface area contributed by atoms with E-state index in [0.29, 0.717) is 36.0 Å². The number of benzene rings is 1. The van der Waals surface area contributed by atoms with Gasteiger partial charge in [-0.05, 0) is 48.4 Å². The molecule has 0 bridgehead atoms. The summed E-state index contributed by atoms with van der Waals surface area (Å²) in [6.07, 6.45) is 3.66. The average Bonchev–Trinajstić information content (AvgIpc) is 3.11. The van der Waals surface area contributed by atoms with E-state index in [2.05, 4.69) is 15.3 Å². The number of unbranched alkanes of at least 4 members (excludes halogenated alkanes) is 1. The highest BCUT2D eigenvalue weighted by molar-refractivity contribution is 6.00. The van der Waals surface area contributed by atoms with Crippen LogP contribution in [-0.4, -0.2) is 38.3 Å². The lowest BCUT2D eigenvalue weighted by molar-refractivity contribution is -0.107. The first kappa shape index (κ1) is 18.2. The van der Waals surface area contributed by atoms with E-state index in [1.165, 1.54) is 18.2 Å². The van der Waals surface area contributed by atoms with E-state index in [9.17, 15) is 14.9 Å². The van der Waals surface area contributed by atoms with Crippen LogP contribution in [0.2, 0.25) is 0 Å². The predicted molar refractivity (Wildman–Crippen MR) is 94.7 cm³/mol. The van der Waals surface area contributed by atoms with E-state index in [0.717, 1.165) is 11.1 Å². The Bertz CT molecular complexity index is 1020. The van der Waals surface area contributed by atoms with Crippen molar-refractivity contribution in [2.24, 2.45) is 5.73 Å². The monoisotopic (exact) mass is 364 g/mol. The van der Waals surface area contributed by atoms with Gasteiger partial charge >= 0.3 is 0 Å². The maximum atomic E-state index is 12.4. The summed E-state index contributed by atoms with van der Waals surface area (Å²) in [6.45, 7) is 0. The third-order valence-corrected chi connectivity index (χ3v) is 3.92. The van der Waals surface area contributed by atoms with Crippen LogP contribution in [0.15, 0.2) is 36.5 Å². The van der Waals surface area contributed by atoms with Gasteiger partial charge in [0.2, 0.25) is 5.65 Å². The SMILES string of the molecule is N#Cc1cc(C(=O)C(N)CCCC=O)ccc1On1nnc2cccnc21. The van der Waals surface area contributed by atoms with Gasteiger partial charge < -0.3 is 15.4 Å². The van der Waals surface area contributed by atoms with Crippen molar-refractivity contribution in [1.29, 1.82) is 5.26 Å². The van der Waals surface area contributed by atoms with Crippen molar-refractivity contribution in [1.82, 2.24) is 20.1 Å². The molecule has 1 aromatic carbocycles. The highest BCUT2D eigenvalue weighted by Gasteiger charge is 2.18. The molecule has 2 heterocycles. The number of Topliss-reactive ketones (excluding diaryl/α,β-unsaturated/α-hetero) is 1. The molecule has 0 spiro atoms. The standard InChI is InChI=1S/C18H16N6O3/c19-11-13-10-12(17(26)14(20)4-1-2-9-25)6-7-16(13)27-24-18-15(22-23-24)5-3-8-21-18/h3,5-10,14H,1-2,4,20H2. The Morgan fingerprint density at radius 2 is 2.26 bits per heavy atom. The van der Waals surface area contributed by atoms with Gasteiger partial charge in [-0.3, -0.25) is 4.79 Å². The van der Waals surface area contributed by atoms with Gasteiger partial charge in [0, 0.05) is 18.2 Å². The fourth-order valence-electron chi connectivity index (χ4n) is 2.52. The van der Waals surface area contributed by atoms with E-state index >= 15 is 0 Å². The third kappa shape index (κ3) is 3.96. The average molecular weight is 364 g/mol. The van der Waals surface area contributed by atoms with E-state index in [1.807, 2.05) is 6.07 Å². The number of nitrogens with zero attached hydrogens (tertiary/aromatic N) is 5. The number of hydrogen-bond acceptors (Lipinski definition) is 8. The van der Waals surface area contributed by atoms with Gasteiger partial charge in [0.15, 0.2) is 11.5 Å². The summed E-state index contributed by atoms with van der Waals surface area (Å²) in [7, 11) is 0. The molecule has 3 rings (SSSR count). The Morgan fingerprint density at radius 3 is 3.04 bits per heavy atom. The van der Waals surface area contributed by atoms with Crippen LogP contribution in [0.3, 0.4) is 0 Å². The Balaban J connectivity index is 1.81. The Labute approximate surface area is 154 Å². The molecular formula is C18H16N6O3. The fraction of sp³-hybridized carbons (Fsp3) is 0.222. The van der Waals surface area contributed by atoms with E-state index < -0.39 is 6.04 Å². The summed E-state index contributed by atoms with van der Waals surface area (Å²) in [5.74, 6) is -0.0853. The molecule has 1 atom stereocenters. The number of ketones is 1. The first-order chi connectivity index (χ1) is 13.1. The number of fused-ring (bicyclic) bond motifs is 1. The summed E-state index contributed by atoms with van der Waals surface area (Å²) in [6, 6.07) is 9.17. The highest BCUT2D eigenvalue weighted by Crippen LogP contribution is 2.22. The molecule has 1 unspecified atom stereocenters. The molecule has 2 aromatic heterocycles. The first-order valence-electron chi connectivity index (χ1n) is 8.26. The van der Waals surface area contributed by atoms with Gasteiger partial charge in [0.25, 0.3) is 0 Å². The fourth-order valence-corrected chi connectivity index (χ4v) is 2.52. The predicted octanol–water partition coefficient (Wildman–Crippen LogP) is 1.42. The van der Waals surface area contributed by atoms with Gasteiger partial charge in [-0.2, -0.15) is 5.26 Å². The molecule has 0 aliphatic heterocycles. The van der Waals surface area contributed by atoms with Crippen molar-refractivity contribution in [2.45, 2.75) is 25.3 Å². The molecule has 27 heavy (non-hydrogen) atoms. The zero-order valence-electron chi connectivity index (χ0n) is 14.3. The van der Waals surface area contributed by atoms with Crippen LogP contribution >= 0.6 is 0 Å². The minimum Gasteiger partial charge on any atom is -0.353 e. The van der Waals surface area contributed by atoms with Crippen molar-refractivity contribution >= 4 is 23.2 Å². The van der Waals surface area contributed by atoms with Gasteiger partial charge in [0.05, 0.1) is 11.6 Å². The molecule has 0 aliphatic carbocycles. The van der Waals surface area contributed by atoms with Gasteiger partial charge in [-0.1, -0.05) is 4.85 Å². The normalized spacial score (nSPS) is 11.7. The molecule has 136 valence electrons. The van der Waals surface area contributed by atoms with Crippen molar-refractivity contribution in [3.8, 4) is 11.8 Å². The second kappa shape index (κ2) is 8.16. The lowest BCUT2D eigenvalue weighted by Gasteiger charge is -2.11. The van der Waals surface area contributed by atoms with Crippen LogP contribution < -0.4 is 10.6 Å². The summed E-state index contributed by atoms with van der Waals surface area (Å²) in [5.41, 5.74) is 7.29. The maximum absolute atomic E-state index is 12.4.